The van der Waals surface area contributed by atoms with Crippen molar-refractivity contribution >= 4 is 11.6 Å². The fourth-order valence-electron chi connectivity index (χ4n) is 4.44. The lowest BCUT2D eigenvalue weighted by Gasteiger charge is -2.23. The van der Waals surface area contributed by atoms with Crippen molar-refractivity contribution in [3.63, 3.8) is 0 Å². The Bertz CT molecular complexity index is 901. The van der Waals surface area contributed by atoms with E-state index in [2.05, 4.69) is 37.5 Å². The summed E-state index contributed by atoms with van der Waals surface area (Å²) in [5, 5.41) is 0. The lowest BCUT2D eigenvalue weighted by molar-refractivity contribution is 0.0971. The molecule has 0 atom stereocenters. The summed E-state index contributed by atoms with van der Waals surface area (Å²) in [4.78, 5) is 31.6. The van der Waals surface area contributed by atoms with Crippen LogP contribution < -0.4 is 9.47 Å². The van der Waals surface area contributed by atoms with Crippen molar-refractivity contribution in [1.29, 1.82) is 0 Å². The average Bonchev–Trinajstić information content (AvgIpc) is 2.87. The minimum absolute atomic E-state index is 0.183. The van der Waals surface area contributed by atoms with Crippen LogP contribution in [-0.2, 0) is 0 Å². The van der Waals surface area contributed by atoms with Gasteiger partial charge in [0.15, 0.2) is 11.6 Å². The largest absolute Gasteiger partial charge is 0.493 e. The van der Waals surface area contributed by atoms with Gasteiger partial charge in [-0.3, -0.25) is 9.59 Å². The molecule has 0 saturated heterocycles. The molecule has 0 N–H and O–H groups in total. The van der Waals surface area contributed by atoms with E-state index in [1.807, 2.05) is 0 Å². The third-order valence-electron chi connectivity index (χ3n) is 6.54. The van der Waals surface area contributed by atoms with E-state index in [0.717, 1.165) is 52.1 Å². The highest BCUT2D eigenvalue weighted by atomic mass is 16.5. The second-order valence-corrected chi connectivity index (χ2v) is 8.47. The maximum absolute atomic E-state index is 13.5. The monoisotopic (exact) mass is 466 g/mol. The van der Waals surface area contributed by atoms with E-state index in [4.69, 9.17) is 9.47 Å². The highest BCUT2D eigenvalue weighted by Gasteiger charge is 2.34. The first-order chi connectivity index (χ1) is 16.5. The van der Waals surface area contributed by atoms with Gasteiger partial charge in [0.25, 0.3) is 0 Å². The Labute approximate surface area is 203 Å². The predicted octanol–water partition coefficient (Wildman–Crippen LogP) is 4.68. The summed E-state index contributed by atoms with van der Waals surface area (Å²) in [6, 6.07) is 10.5. The van der Waals surface area contributed by atoms with Crippen LogP contribution in [0.15, 0.2) is 36.4 Å². The van der Waals surface area contributed by atoms with Gasteiger partial charge >= 0.3 is 0 Å². The number of hydrogen-bond acceptors (Lipinski definition) is 6. The van der Waals surface area contributed by atoms with Crippen molar-refractivity contribution in [3.8, 4) is 11.5 Å². The second-order valence-electron chi connectivity index (χ2n) is 8.47. The summed E-state index contributed by atoms with van der Waals surface area (Å²) < 4.78 is 12.0. The van der Waals surface area contributed by atoms with Gasteiger partial charge in [-0.25, -0.2) is 0 Å². The maximum Gasteiger partial charge on any atom is 0.198 e. The minimum Gasteiger partial charge on any atom is -0.493 e. The zero-order valence-electron chi connectivity index (χ0n) is 21.1. The first kappa shape index (κ1) is 25.9. The fraction of sp³-hybridized carbons (Fsp3) is 0.500. The molecule has 1 aliphatic rings. The summed E-state index contributed by atoms with van der Waals surface area (Å²) >= 11 is 0. The Balaban J connectivity index is 1.74. The topological polar surface area (TPSA) is 59.1 Å². The zero-order valence-corrected chi connectivity index (χ0v) is 21.1. The molecule has 0 bridgehead atoms. The normalized spacial score (nSPS) is 12.8. The van der Waals surface area contributed by atoms with Crippen LogP contribution in [0.1, 0.15) is 72.4 Å². The molecular weight excluding hydrogens is 428 g/mol. The van der Waals surface area contributed by atoms with Crippen LogP contribution >= 0.6 is 0 Å². The van der Waals surface area contributed by atoms with E-state index < -0.39 is 0 Å². The van der Waals surface area contributed by atoms with Crippen molar-refractivity contribution < 1.29 is 19.1 Å². The molecule has 184 valence electrons. The first-order valence-corrected chi connectivity index (χ1v) is 12.6. The first-order valence-electron chi connectivity index (χ1n) is 12.6. The summed E-state index contributed by atoms with van der Waals surface area (Å²) in [5.74, 6) is 0.591. The molecule has 0 aromatic heterocycles. The van der Waals surface area contributed by atoms with E-state index in [9.17, 15) is 9.59 Å². The summed E-state index contributed by atoms with van der Waals surface area (Å²) in [7, 11) is 0. The van der Waals surface area contributed by atoms with Gasteiger partial charge < -0.3 is 19.3 Å². The van der Waals surface area contributed by atoms with Crippen LogP contribution in [0.5, 0.6) is 11.5 Å². The van der Waals surface area contributed by atoms with Crippen LogP contribution in [0.2, 0.25) is 0 Å². The van der Waals surface area contributed by atoms with E-state index in [-0.39, 0.29) is 11.6 Å². The van der Waals surface area contributed by atoms with E-state index in [1.165, 1.54) is 0 Å². The lowest BCUT2D eigenvalue weighted by atomic mass is 9.83. The van der Waals surface area contributed by atoms with Gasteiger partial charge in [0, 0.05) is 24.2 Å². The fourth-order valence-corrected chi connectivity index (χ4v) is 4.44. The van der Waals surface area contributed by atoms with Crippen LogP contribution in [-0.4, -0.2) is 73.8 Å². The van der Waals surface area contributed by atoms with Gasteiger partial charge in [-0.1, -0.05) is 52.0 Å². The highest BCUT2D eigenvalue weighted by molar-refractivity contribution is 6.30. The van der Waals surface area contributed by atoms with Gasteiger partial charge in [0.05, 0.1) is 24.3 Å². The van der Waals surface area contributed by atoms with Crippen molar-refractivity contribution in [1.82, 2.24) is 9.80 Å². The van der Waals surface area contributed by atoms with Gasteiger partial charge in [0.2, 0.25) is 0 Å². The molecule has 6 nitrogen and oxygen atoms in total. The molecule has 2 aromatic carbocycles. The molecule has 0 amide bonds. The Morgan fingerprint density at radius 1 is 0.618 bits per heavy atom. The number of nitrogens with zero attached hydrogens (tertiary/aromatic N) is 2. The molecule has 0 aliphatic heterocycles. The standard InChI is InChI=1S/C28H38N2O4/c1-5-29(6-2)17-11-19-33-23-15-9-13-21-25(23)27(31)22-14-10-16-24(26(22)28(21)32)34-20-12-18-30(7-3)8-4/h9-10,13-16H,5-8,11-12,17-20H2,1-4H3. The summed E-state index contributed by atoms with van der Waals surface area (Å²) in [6.07, 6.45) is 1.71. The minimum atomic E-state index is -0.183. The Morgan fingerprint density at radius 3 is 1.35 bits per heavy atom. The molecular formula is C28H38N2O4. The van der Waals surface area contributed by atoms with Crippen LogP contribution in [0, 0.1) is 0 Å². The van der Waals surface area contributed by atoms with Crippen molar-refractivity contribution in [3.05, 3.63) is 58.7 Å². The number of carbonyl (C=O) groups is 2. The van der Waals surface area contributed by atoms with Crippen molar-refractivity contribution in [2.75, 3.05) is 52.5 Å². The Kier molecular flexibility index (Phi) is 9.66. The smallest absolute Gasteiger partial charge is 0.198 e. The van der Waals surface area contributed by atoms with E-state index in [1.54, 1.807) is 36.4 Å². The number of fused-ring (bicyclic) bond motifs is 2. The van der Waals surface area contributed by atoms with Crippen LogP contribution in [0.3, 0.4) is 0 Å². The van der Waals surface area contributed by atoms with Crippen LogP contribution in [0.25, 0.3) is 0 Å². The summed E-state index contributed by atoms with van der Waals surface area (Å²) in [5.41, 5.74) is 1.50. The van der Waals surface area contributed by atoms with Gasteiger partial charge in [-0.2, -0.15) is 0 Å². The van der Waals surface area contributed by atoms with Crippen LogP contribution in [0.4, 0.5) is 0 Å². The van der Waals surface area contributed by atoms with Crippen molar-refractivity contribution in [2.45, 2.75) is 40.5 Å². The number of carbonyl (C=O) groups excluding carboxylic acids is 2. The number of rotatable bonds is 14. The molecule has 0 spiro atoms. The highest BCUT2D eigenvalue weighted by Crippen LogP contribution is 2.37. The number of ketones is 2. The predicted molar refractivity (Wildman–Crippen MR) is 136 cm³/mol. The second kappa shape index (κ2) is 12.7. The Morgan fingerprint density at radius 2 is 1.00 bits per heavy atom. The van der Waals surface area contributed by atoms with Crippen molar-refractivity contribution in [2.24, 2.45) is 0 Å². The lowest BCUT2D eigenvalue weighted by Crippen LogP contribution is -2.26. The van der Waals surface area contributed by atoms with Gasteiger partial charge in [0.1, 0.15) is 11.5 Å². The molecule has 3 rings (SSSR count). The maximum atomic E-state index is 13.5. The third kappa shape index (κ3) is 5.86. The molecule has 0 radical (unpaired) electrons. The average molecular weight is 467 g/mol. The molecule has 34 heavy (non-hydrogen) atoms. The SMILES string of the molecule is CCN(CC)CCCOc1cccc2c1C(=O)c1cccc(OCCCN(CC)CC)c1C2=O. The molecule has 0 saturated carbocycles. The van der Waals surface area contributed by atoms with E-state index >= 15 is 0 Å². The molecule has 6 heteroatoms. The molecule has 0 unspecified atom stereocenters. The quantitative estimate of drug-likeness (QED) is 0.322. The number of ether oxygens (including phenoxy) is 2. The Hall–Kier alpha value is -2.70. The molecule has 2 aromatic rings. The van der Waals surface area contributed by atoms with E-state index in [0.29, 0.717) is 47.0 Å². The number of benzene rings is 2. The molecule has 0 fully saturated rings. The zero-order chi connectivity index (χ0) is 24.5. The third-order valence-corrected chi connectivity index (χ3v) is 6.54. The summed E-state index contributed by atoms with van der Waals surface area (Å²) in [6.45, 7) is 15.4. The molecule has 1 aliphatic carbocycles. The van der Waals surface area contributed by atoms with Gasteiger partial charge in [-0.15, -0.1) is 0 Å². The number of hydrogen-bond donors (Lipinski definition) is 0. The van der Waals surface area contributed by atoms with Gasteiger partial charge in [-0.05, 0) is 51.2 Å². The molecule has 0 heterocycles.